The molecule has 0 heterocycles. The largest absolute Gasteiger partial charge is 1.00 e. The molecule has 0 aliphatic rings. The van der Waals surface area contributed by atoms with Gasteiger partial charge in [0, 0.05) is 0 Å². The molecule has 3 nitrogen and oxygen atoms in total. The van der Waals surface area contributed by atoms with E-state index in [-0.39, 0.29) is 34.5 Å². The molecule has 0 saturated carbocycles. The predicted molar refractivity (Wildman–Crippen MR) is 57.6 cm³/mol. The quantitative estimate of drug-likeness (QED) is 0.518. The van der Waals surface area contributed by atoms with E-state index in [0.717, 1.165) is 6.42 Å². The van der Waals surface area contributed by atoms with Gasteiger partial charge in [0.2, 0.25) is 0 Å². The first-order chi connectivity index (χ1) is 6.91. The second-order valence-electron chi connectivity index (χ2n) is 3.99. The minimum absolute atomic E-state index is 0. The number of hydrogen-bond acceptors (Lipinski definition) is 3. The molecular formula is C11H15NaO3S. The van der Waals surface area contributed by atoms with Crippen molar-refractivity contribution in [2.75, 3.05) is 0 Å². The number of benzene rings is 1. The summed E-state index contributed by atoms with van der Waals surface area (Å²) in [7, 11) is -4.33. The SMILES string of the molecule is CC(C)CCc1ccccc1S(=O)(=O)[O-].[Na+]. The van der Waals surface area contributed by atoms with Gasteiger partial charge in [0.1, 0.15) is 10.1 Å². The van der Waals surface area contributed by atoms with Crippen molar-refractivity contribution < 1.29 is 42.5 Å². The molecule has 0 radical (unpaired) electrons. The minimum atomic E-state index is -4.33. The van der Waals surface area contributed by atoms with Crippen molar-refractivity contribution >= 4 is 10.1 Å². The molecule has 84 valence electrons. The Hall–Kier alpha value is 0.130. The second kappa shape index (κ2) is 6.77. The topological polar surface area (TPSA) is 57.2 Å². The molecule has 0 aliphatic carbocycles. The fourth-order valence-electron chi connectivity index (χ4n) is 1.40. The summed E-state index contributed by atoms with van der Waals surface area (Å²) in [5.74, 6) is 0.493. The van der Waals surface area contributed by atoms with Crippen LogP contribution in [0.15, 0.2) is 29.2 Å². The Morgan fingerprint density at radius 3 is 2.31 bits per heavy atom. The van der Waals surface area contributed by atoms with Crippen LogP contribution in [0, 0.1) is 5.92 Å². The summed E-state index contributed by atoms with van der Waals surface area (Å²) in [6.45, 7) is 4.13. The number of rotatable bonds is 4. The fraction of sp³-hybridized carbons (Fsp3) is 0.455. The van der Waals surface area contributed by atoms with Gasteiger partial charge in [0.05, 0.1) is 4.90 Å². The van der Waals surface area contributed by atoms with Crippen LogP contribution in [0.25, 0.3) is 0 Å². The van der Waals surface area contributed by atoms with E-state index in [1.165, 1.54) is 6.07 Å². The Balaban J connectivity index is 0.00000225. The third-order valence-corrected chi connectivity index (χ3v) is 3.17. The molecule has 5 heteroatoms. The van der Waals surface area contributed by atoms with E-state index < -0.39 is 10.1 Å². The summed E-state index contributed by atoms with van der Waals surface area (Å²) in [6.07, 6.45) is 1.52. The van der Waals surface area contributed by atoms with Crippen molar-refractivity contribution in [3.8, 4) is 0 Å². The summed E-state index contributed by atoms with van der Waals surface area (Å²) >= 11 is 0. The van der Waals surface area contributed by atoms with Crippen LogP contribution in [0.3, 0.4) is 0 Å². The molecule has 1 aromatic rings. The van der Waals surface area contributed by atoms with Crippen molar-refractivity contribution in [3.63, 3.8) is 0 Å². The second-order valence-corrected chi connectivity index (χ2v) is 5.34. The zero-order valence-electron chi connectivity index (χ0n) is 9.93. The fourth-order valence-corrected chi connectivity index (χ4v) is 2.13. The molecule has 0 saturated heterocycles. The molecular weight excluding hydrogens is 235 g/mol. The number of hydrogen-bond donors (Lipinski definition) is 0. The third kappa shape index (κ3) is 4.97. The molecule has 0 fully saturated rings. The van der Waals surface area contributed by atoms with Crippen LogP contribution in [0.1, 0.15) is 25.8 Å². The summed E-state index contributed by atoms with van der Waals surface area (Å²) in [6, 6.07) is 6.40. The summed E-state index contributed by atoms with van der Waals surface area (Å²) in [5, 5.41) is 0. The van der Waals surface area contributed by atoms with E-state index >= 15 is 0 Å². The van der Waals surface area contributed by atoms with E-state index in [1.54, 1.807) is 18.2 Å². The van der Waals surface area contributed by atoms with Crippen molar-refractivity contribution in [1.82, 2.24) is 0 Å². The minimum Gasteiger partial charge on any atom is -0.744 e. The maximum Gasteiger partial charge on any atom is 1.00 e. The maximum atomic E-state index is 10.9. The molecule has 0 N–H and O–H groups in total. The van der Waals surface area contributed by atoms with Crippen molar-refractivity contribution in [1.29, 1.82) is 0 Å². The first kappa shape index (κ1) is 16.1. The first-order valence-electron chi connectivity index (χ1n) is 4.95. The first-order valence-corrected chi connectivity index (χ1v) is 6.36. The average Bonchev–Trinajstić information content (AvgIpc) is 2.13. The van der Waals surface area contributed by atoms with Gasteiger partial charge in [-0.25, -0.2) is 8.42 Å². The summed E-state index contributed by atoms with van der Waals surface area (Å²) < 4.78 is 32.8. The molecule has 0 spiro atoms. The Kier molecular flexibility index (Phi) is 6.82. The summed E-state index contributed by atoms with van der Waals surface area (Å²) in [4.78, 5) is -0.0781. The molecule has 0 aliphatic heterocycles. The van der Waals surface area contributed by atoms with Gasteiger partial charge in [0.25, 0.3) is 0 Å². The molecule has 1 aromatic carbocycles. The molecule has 1 rings (SSSR count). The predicted octanol–water partition coefficient (Wildman–Crippen LogP) is -0.817. The van der Waals surface area contributed by atoms with Gasteiger partial charge in [-0.05, 0) is 30.4 Å². The van der Waals surface area contributed by atoms with E-state index in [0.29, 0.717) is 17.9 Å². The van der Waals surface area contributed by atoms with Crippen LogP contribution >= 0.6 is 0 Å². The van der Waals surface area contributed by atoms with Crippen LogP contribution in [0.4, 0.5) is 0 Å². The smallest absolute Gasteiger partial charge is 0.744 e. The van der Waals surface area contributed by atoms with Crippen LogP contribution in [0.5, 0.6) is 0 Å². The maximum absolute atomic E-state index is 10.9. The molecule has 16 heavy (non-hydrogen) atoms. The third-order valence-electron chi connectivity index (χ3n) is 2.23. The van der Waals surface area contributed by atoms with Gasteiger partial charge in [-0.2, -0.15) is 0 Å². The van der Waals surface area contributed by atoms with Crippen molar-refractivity contribution in [3.05, 3.63) is 29.8 Å². The Morgan fingerprint density at radius 1 is 1.25 bits per heavy atom. The van der Waals surface area contributed by atoms with E-state index in [1.807, 2.05) is 0 Å². The van der Waals surface area contributed by atoms with E-state index in [4.69, 9.17) is 0 Å². The summed E-state index contributed by atoms with van der Waals surface area (Å²) in [5.41, 5.74) is 0.626. The van der Waals surface area contributed by atoms with Gasteiger partial charge >= 0.3 is 29.6 Å². The standard InChI is InChI=1S/C11H16O3S.Na/c1-9(2)7-8-10-5-3-4-6-11(10)15(12,13)14;/h3-6,9H,7-8H2,1-2H3,(H,12,13,14);/q;+1/p-1. The van der Waals surface area contributed by atoms with Gasteiger partial charge in [0.15, 0.2) is 0 Å². The normalized spacial score (nSPS) is 11.2. The van der Waals surface area contributed by atoms with Crippen LogP contribution < -0.4 is 29.6 Å². The zero-order chi connectivity index (χ0) is 11.5. The van der Waals surface area contributed by atoms with Crippen LogP contribution in [-0.4, -0.2) is 13.0 Å². The molecule has 0 bridgehead atoms. The van der Waals surface area contributed by atoms with E-state index in [9.17, 15) is 13.0 Å². The molecule has 0 unspecified atom stereocenters. The van der Waals surface area contributed by atoms with Crippen LogP contribution in [0.2, 0.25) is 0 Å². The number of aryl methyl sites for hydroxylation is 1. The van der Waals surface area contributed by atoms with E-state index in [2.05, 4.69) is 13.8 Å². The van der Waals surface area contributed by atoms with Crippen LogP contribution in [-0.2, 0) is 16.5 Å². The molecule has 0 aromatic heterocycles. The Morgan fingerprint density at radius 2 is 1.81 bits per heavy atom. The molecule has 0 atom stereocenters. The average molecular weight is 250 g/mol. The Labute approximate surface area is 119 Å². The molecule has 0 amide bonds. The monoisotopic (exact) mass is 250 g/mol. The van der Waals surface area contributed by atoms with Gasteiger partial charge in [-0.15, -0.1) is 0 Å². The van der Waals surface area contributed by atoms with Crippen molar-refractivity contribution in [2.45, 2.75) is 31.6 Å². The Bertz CT molecular complexity index is 427. The van der Waals surface area contributed by atoms with Crippen molar-refractivity contribution in [2.24, 2.45) is 5.92 Å². The van der Waals surface area contributed by atoms with Gasteiger partial charge in [-0.1, -0.05) is 32.0 Å². The van der Waals surface area contributed by atoms with Gasteiger partial charge in [-0.3, -0.25) is 0 Å². The zero-order valence-corrected chi connectivity index (χ0v) is 12.8. The van der Waals surface area contributed by atoms with Gasteiger partial charge < -0.3 is 4.55 Å².